The third-order valence-corrected chi connectivity index (χ3v) is 3.94. The summed E-state index contributed by atoms with van der Waals surface area (Å²) in [6.07, 6.45) is 1.95. The molecular weight excluding hydrogens is 252 g/mol. The number of hydrogen-bond acceptors (Lipinski definition) is 4. The maximum Gasteiger partial charge on any atom is 0.0900 e. The van der Waals surface area contributed by atoms with Crippen molar-refractivity contribution in [3.05, 3.63) is 29.8 Å². The molecule has 0 radical (unpaired) electrons. The number of likely N-dealkylation sites (tertiary alicyclic amines) is 1. The first-order valence-electron chi connectivity index (χ1n) is 7.30. The van der Waals surface area contributed by atoms with E-state index in [-0.39, 0.29) is 0 Å². The van der Waals surface area contributed by atoms with Crippen molar-refractivity contribution in [2.45, 2.75) is 25.0 Å². The summed E-state index contributed by atoms with van der Waals surface area (Å²) in [5.41, 5.74) is 2.57. The van der Waals surface area contributed by atoms with Gasteiger partial charge in [-0.2, -0.15) is 0 Å². The number of β-amino-alcohol motifs (C(OH)–C–C–N with tert-alkyl or cyclic N) is 1. The number of rotatable bonds is 6. The van der Waals surface area contributed by atoms with Gasteiger partial charge in [0.1, 0.15) is 0 Å². The van der Waals surface area contributed by atoms with Gasteiger partial charge in [0.05, 0.1) is 12.7 Å². The lowest BCUT2D eigenvalue weighted by atomic mass is 10.0. The third kappa shape index (κ3) is 3.72. The quantitative estimate of drug-likeness (QED) is 0.862. The van der Waals surface area contributed by atoms with Crippen molar-refractivity contribution in [3.8, 4) is 0 Å². The smallest absolute Gasteiger partial charge is 0.0900 e. The van der Waals surface area contributed by atoms with Gasteiger partial charge in [-0.1, -0.05) is 12.1 Å². The molecule has 0 aliphatic carbocycles. The number of nitrogens with zero attached hydrogens (tertiary/aromatic N) is 2. The molecule has 0 spiro atoms. The second-order valence-corrected chi connectivity index (χ2v) is 5.75. The Hall–Kier alpha value is -1.10. The first-order chi connectivity index (χ1) is 9.61. The average molecular weight is 278 g/mol. The van der Waals surface area contributed by atoms with E-state index in [1.807, 2.05) is 0 Å². The molecule has 2 rings (SSSR count). The van der Waals surface area contributed by atoms with E-state index in [2.05, 4.69) is 48.2 Å². The number of hydrogen-bond donors (Lipinski definition) is 1. The summed E-state index contributed by atoms with van der Waals surface area (Å²) in [7, 11) is 5.76. The topological polar surface area (TPSA) is 35.9 Å². The van der Waals surface area contributed by atoms with Crippen molar-refractivity contribution >= 4 is 5.69 Å². The lowest BCUT2D eigenvalue weighted by molar-refractivity contribution is 0.0346. The van der Waals surface area contributed by atoms with Crippen molar-refractivity contribution in [1.82, 2.24) is 4.90 Å². The van der Waals surface area contributed by atoms with Gasteiger partial charge in [0.15, 0.2) is 0 Å². The highest BCUT2D eigenvalue weighted by molar-refractivity contribution is 5.48. The van der Waals surface area contributed by atoms with Crippen LogP contribution in [0.2, 0.25) is 0 Å². The van der Waals surface area contributed by atoms with E-state index in [1.54, 1.807) is 7.11 Å². The van der Waals surface area contributed by atoms with Gasteiger partial charge in [0.25, 0.3) is 0 Å². The van der Waals surface area contributed by atoms with Crippen LogP contribution in [0.5, 0.6) is 0 Å². The molecule has 4 heteroatoms. The van der Waals surface area contributed by atoms with Crippen molar-refractivity contribution in [2.24, 2.45) is 0 Å². The van der Waals surface area contributed by atoms with E-state index in [9.17, 15) is 5.11 Å². The Morgan fingerprint density at radius 1 is 1.45 bits per heavy atom. The van der Waals surface area contributed by atoms with Crippen LogP contribution in [0.3, 0.4) is 0 Å². The molecule has 1 saturated heterocycles. The van der Waals surface area contributed by atoms with E-state index < -0.39 is 6.10 Å². The van der Waals surface area contributed by atoms with Crippen molar-refractivity contribution in [3.63, 3.8) is 0 Å². The zero-order valence-electron chi connectivity index (χ0n) is 12.7. The van der Waals surface area contributed by atoms with Crippen LogP contribution in [-0.4, -0.2) is 57.0 Å². The van der Waals surface area contributed by atoms with Gasteiger partial charge in [-0.25, -0.2) is 0 Å². The first kappa shape index (κ1) is 15.3. The zero-order valence-corrected chi connectivity index (χ0v) is 12.7. The van der Waals surface area contributed by atoms with Crippen LogP contribution in [0, 0.1) is 0 Å². The molecule has 20 heavy (non-hydrogen) atoms. The number of aliphatic hydroxyl groups excluding tert-OH is 1. The highest BCUT2D eigenvalue weighted by Gasteiger charge is 2.27. The molecule has 2 unspecified atom stereocenters. The van der Waals surface area contributed by atoms with Crippen LogP contribution >= 0.6 is 0 Å². The molecule has 1 aliphatic rings. The SMILES string of the molecule is COCC(O)CN1CCCC1c1cccc(N(C)C)c1. The zero-order chi connectivity index (χ0) is 14.5. The van der Waals surface area contributed by atoms with Crippen LogP contribution in [0.25, 0.3) is 0 Å². The second-order valence-electron chi connectivity index (χ2n) is 5.75. The molecule has 0 bridgehead atoms. The first-order valence-corrected chi connectivity index (χ1v) is 7.30. The Morgan fingerprint density at radius 2 is 2.25 bits per heavy atom. The fourth-order valence-electron chi connectivity index (χ4n) is 2.95. The summed E-state index contributed by atoms with van der Waals surface area (Å²) in [6.45, 7) is 2.14. The molecule has 1 heterocycles. The maximum absolute atomic E-state index is 9.94. The van der Waals surface area contributed by atoms with Crippen LogP contribution in [-0.2, 0) is 4.74 Å². The predicted octanol–water partition coefficient (Wildman–Crippen LogP) is 1.90. The Labute approximate surface area is 122 Å². The van der Waals surface area contributed by atoms with E-state index >= 15 is 0 Å². The highest BCUT2D eigenvalue weighted by Crippen LogP contribution is 2.33. The summed E-state index contributed by atoms with van der Waals surface area (Å²) >= 11 is 0. The molecular formula is C16H26N2O2. The Kier molecular flexibility index (Phi) is 5.40. The molecule has 1 aromatic carbocycles. The lowest BCUT2D eigenvalue weighted by Crippen LogP contribution is -2.34. The molecule has 2 atom stereocenters. The van der Waals surface area contributed by atoms with Gasteiger partial charge in [-0.3, -0.25) is 4.90 Å². The Morgan fingerprint density at radius 3 is 2.95 bits per heavy atom. The van der Waals surface area contributed by atoms with E-state index in [4.69, 9.17) is 4.74 Å². The lowest BCUT2D eigenvalue weighted by Gasteiger charge is -2.27. The number of anilines is 1. The third-order valence-electron chi connectivity index (χ3n) is 3.94. The minimum absolute atomic E-state index is 0.404. The van der Waals surface area contributed by atoms with Crippen LogP contribution < -0.4 is 4.90 Å². The second kappa shape index (κ2) is 7.07. The van der Waals surface area contributed by atoms with Gasteiger partial charge >= 0.3 is 0 Å². The molecule has 0 aromatic heterocycles. The van der Waals surface area contributed by atoms with Gasteiger partial charge < -0.3 is 14.7 Å². The molecule has 1 aromatic rings. The normalized spacial score (nSPS) is 21.1. The molecule has 0 amide bonds. The van der Waals surface area contributed by atoms with Crippen molar-refractivity contribution in [2.75, 3.05) is 45.8 Å². The molecule has 1 fully saturated rings. The number of ether oxygens (including phenoxy) is 1. The summed E-state index contributed by atoms with van der Waals surface area (Å²) in [4.78, 5) is 4.50. The van der Waals surface area contributed by atoms with Gasteiger partial charge in [-0.15, -0.1) is 0 Å². The number of methoxy groups -OCH3 is 1. The van der Waals surface area contributed by atoms with E-state index in [0.29, 0.717) is 19.2 Å². The highest BCUT2D eigenvalue weighted by atomic mass is 16.5. The molecule has 0 saturated carbocycles. The average Bonchev–Trinajstić information content (AvgIpc) is 2.87. The Bertz CT molecular complexity index is 423. The van der Waals surface area contributed by atoms with Gasteiger partial charge in [-0.05, 0) is 37.1 Å². The minimum atomic E-state index is -0.405. The van der Waals surface area contributed by atoms with Crippen LogP contribution in [0.1, 0.15) is 24.4 Å². The monoisotopic (exact) mass is 278 g/mol. The van der Waals surface area contributed by atoms with Gasteiger partial charge in [0.2, 0.25) is 0 Å². The molecule has 1 aliphatic heterocycles. The van der Waals surface area contributed by atoms with Gasteiger partial charge in [0, 0.05) is 39.5 Å². The fourth-order valence-corrected chi connectivity index (χ4v) is 2.95. The minimum Gasteiger partial charge on any atom is -0.389 e. The summed E-state index contributed by atoms with van der Waals surface area (Å²) in [5.74, 6) is 0. The van der Waals surface area contributed by atoms with Crippen molar-refractivity contribution in [1.29, 1.82) is 0 Å². The summed E-state index contributed by atoms with van der Waals surface area (Å²) in [5, 5.41) is 9.94. The number of aliphatic hydroxyl groups is 1. The predicted molar refractivity (Wildman–Crippen MR) is 82.2 cm³/mol. The maximum atomic E-state index is 9.94. The standard InChI is InChI=1S/C16H26N2O2/c1-17(2)14-7-4-6-13(10-14)16-8-5-9-18(16)11-15(19)12-20-3/h4,6-7,10,15-16,19H,5,8-9,11-12H2,1-3H3. The summed E-state index contributed by atoms with van der Waals surface area (Å²) < 4.78 is 5.02. The molecule has 1 N–H and O–H groups in total. The van der Waals surface area contributed by atoms with Crippen LogP contribution in [0.4, 0.5) is 5.69 Å². The number of benzene rings is 1. The fraction of sp³-hybridized carbons (Fsp3) is 0.625. The van der Waals surface area contributed by atoms with Crippen molar-refractivity contribution < 1.29 is 9.84 Å². The van der Waals surface area contributed by atoms with E-state index in [1.165, 1.54) is 17.7 Å². The van der Waals surface area contributed by atoms with E-state index in [0.717, 1.165) is 13.0 Å². The summed E-state index contributed by atoms with van der Waals surface area (Å²) in [6, 6.07) is 9.11. The van der Waals surface area contributed by atoms with Crippen LogP contribution in [0.15, 0.2) is 24.3 Å². The Balaban J connectivity index is 2.08. The largest absolute Gasteiger partial charge is 0.389 e. The molecule has 4 nitrogen and oxygen atoms in total. The molecule has 112 valence electrons.